The molecule has 0 spiro atoms. The van der Waals surface area contributed by atoms with Crippen molar-refractivity contribution >= 4 is 5.91 Å². The first-order chi connectivity index (χ1) is 8.67. The van der Waals surface area contributed by atoms with E-state index in [2.05, 4.69) is 43.4 Å². The molecule has 1 aromatic carbocycles. The predicted molar refractivity (Wildman–Crippen MR) is 76.5 cm³/mol. The molecule has 0 aliphatic carbocycles. The lowest BCUT2D eigenvalue weighted by Crippen LogP contribution is -2.26. The summed E-state index contributed by atoms with van der Waals surface area (Å²) in [6.07, 6.45) is 4.97. The van der Waals surface area contributed by atoms with E-state index in [9.17, 15) is 4.79 Å². The minimum Gasteiger partial charge on any atom is -0.350 e. The third-order valence-electron chi connectivity index (χ3n) is 3.27. The molecule has 0 fully saturated rings. The molecule has 0 bridgehead atoms. The number of benzene rings is 1. The molecule has 2 nitrogen and oxygen atoms in total. The van der Waals surface area contributed by atoms with Crippen molar-refractivity contribution in [2.75, 3.05) is 0 Å². The van der Waals surface area contributed by atoms with Crippen molar-refractivity contribution < 1.29 is 4.79 Å². The highest BCUT2D eigenvalue weighted by molar-refractivity contribution is 5.76. The molecule has 18 heavy (non-hydrogen) atoms. The van der Waals surface area contributed by atoms with Gasteiger partial charge in [0.25, 0.3) is 0 Å². The zero-order chi connectivity index (χ0) is 13.4. The van der Waals surface area contributed by atoms with Gasteiger partial charge in [0.2, 0.25) is 5.91 Å². The highest BCUT2D eigenvalue weighted by Crippen LogP contribution is 2.14. The van der Waals surface area contributed by atoms with Crippen LogP contribution < -0.4 is 5.32 Å². The maximum absolute atomic E-state index is 11.7. The average Bonchev–Trinajstić information content (AvgIpc) is 2.39. The summed E-state index contributed by atoms with van der Waals surface area (Å²) in [7, 11) is 0. The van der Waals surface area contributed by atoms with Gasteiger partial charge in [0.1, 0.15) is 0 Å². The van der Waals surface area contributed by atoms with E-state index in [4.69, 9.17) is 0 Å². The van der Waals surface area contributed by atoms with E-state index in [1.165, 1.54) is 11.1 Å². The van der Waals surface area contributed by atoms with E-state index in [1.54, 1.807) is 0 Å². The van der Waals surface area contributed by atoms with Crippen molar-refractivity contribution in [1.82, 2.24) is 5.32 Å². The summed E-state index contributed by atoms with van der Waals surface area (Å²) < 4.78 is 0. The number of hydrogen-bond donors (Lipinski definition) is 1. The minimum atomic E-state index is 0.102. The lowest BCUT2D eigenvalue weighted by molar-refractivity contribution is -0.121. The van der Waals surface area contributed by atoms with Gasteiger partial charge in [-0.1, -0.05) is 51.0 Å². The average molecular weight is 247 g/mol. The molecule has 0 saturated carbocycles. The maximum atomic E-state index is 11.7. The van der Waals surface area contributed by atoms with Gasteiger partial charge in [0, 0.05) is 6.42 Å². The van der Waals surface area contributed by atoms with Gasteiger partial charge in [0.05, 0.1) is 6.04 Å². The van der Waals surface area contributed by atoms with Gasteiger partial charge in [-0.2, -0.15) is 0 Å². The molecule has 2 heteroatoms. The third-order valence-corrected chi connectivity index (χ3v) is 3.27. The first-order valence-corrected chi connectivity index (χ1v) is 7.05. The Balaban J connectivity index is 2.43. The van der Waals surface area contributed by atoms with E-state index >= 15 is 0 Å². The van der Waals surface area contributed by atoms with E-state index in [-0.39, 0.29) is 11.9 Å². The second-order valence-electron chi connectivity index (χ2n) is 4.84. The van der Waals surface area contributed by atoms with Crippen molar-refractivity contribution in [2.45, 2.75) is 58.9 Å². The molecule has 1 aromatic rings. The summed E-state index contributed by atoms with van der Waals surface area (Å²) in [6, 6.07) is 8.58. The Hall–Kier alpha value is -1.31. The molecule has 0 aliphatic rings. The Labute approximate surface area is 111 Å². The Bertz CT molecular complexity index is 356. The second kappa shape index (κ2) is 7.91. The van der Waals surface area contributed by atoms with E-state index in [0.717, 1.165) is 25.7 Å². The van der Waals surface area contributed by atoms with Crippen molar-refractivity contribution in [1.29, 1.82) is 0 Å². The lowest BCUT2D eigenvalue weighted by atomic mass is 10.0. The van der Waals surface area contributed by atoms with Gasteiger partial charge >= 0.3 is 0 Å². The van der Waals surface area contributed by atoms with Gasteiger partial charge in [0.15, 0.2) is 0 Å². The molecular weight excluding hydrogens is 222 g/mol. The van der Waals surface area contributed by atoms with Crippen LogP contribution in [0.4, 0.5) is 0 Å². The summed E-state index contributed by atoms with van der Waals surface area (Å²) in [5, 5.41) is 3.05. The van der Waals surface area contributed by atoms with E-state index < -0.39 is 0 Å². The van der Waals surface area contributed by atoms with Crippen molar-refractivity contribution in [3.63, 3.8) is 0 Å². The van der Waals surface area contributed by atoms with Crippen LogP contribution >= 0.6 is 0 Å². The first-order valence-electron chi connectivity index (χ1n) is 7.05. The zero-order valence-corrected chi connectivity index (χ0v) is 11.8. The number of carbonyl (C=O) groups is 1. The fraction of sp³-hybridized carbons (Fsp3) is 0.562. The van der Waals surface area contributed by atoms with Crippen LogP contribution in [0.3, 0.4) is 0 Å². The summed E-state index contributed by atoms with van der Waals surface area (Å²) >= 11 is 0. The number of carbonyl (C=O) groups excluding carboxylic acids is 1. The molecule has 100 valence electrons. The topological polar surface area (TPSA) is 29.1 Å². The lowest BCUT2D eigenvalue weighted by Gasteiger charge is -2.14. The van der Waals surface area contributed by atoms with Crippen LogP contribution in [-0.4, -0.2) is 5.91 Å². The normalized spacial score (nSPS) is 12.2. The molecule has 0 heterocycles. The monoisotopic (exact) mass is 247 g/mol. The molecule has 0 aliphatic heterocycles. The standard InChI is InChI=1S/C16H25NO/c1-4-6-7-8-16(18)17-13(3)15-11-9-14(5-2)10-12-15/h9-13H,4-8H2,1-3H3,(H,17,18). The highest BCUT2D eigenvalue weighted by atomic mass is 16.1. The predicted octanol–water partition coefficient (Wildman–Crippen LogP) is 4.01. The molecule has 0 radical (unpaired) electrons. The number of amides is 1. The zero-order valence-electron chi connectivity index (χ0n) is 11.8. The Morgan fingerprint density at radius 1 is 1.17 bits per heavy atom. The summed E-state index contributed by atoms with van der Waals surface area (Å²) in [4.78, 5) is 11.7. The SMILES string of the molecule is CCCCCC(=O)NC(C)c1ccc(CC)cc1. The van der Waals surface area contributed by atoms with Crippen molar-refractivity contribution in [2.24, 2.45) is 0 Å². The number of aryl methyl sites for hydroxylation is 1. The molecule has 1 amide bonds. The molecule has 0 aromatic heterocycles. The molecular formula is C16H25NO. The van der Waals surface area contributed by atoms with Crippen LogP contribution in [0, 0.1) is 0 Å². The highest BCUT2D eigenvalue weighted by Gasteiger charge is 2.08. The minimum absolute atomic E-state index is 0.102. The molecule has 0 saturated heterocycles. The maximum Gasteiger partial charge on any atom is 0.220 e. The summed E-state index contributed by atoms with van der Waals surface area (Å²) in [5.41, 5.74) is 2.51. The van der Waals surface area contributed by atoms with Crippen LogP contribution in [0.25, 0.3) is 0 Å². The van der Waals surface area contributed by atoms with Crippen molar-refractivity contribution in [3.05, 3.63) is 35.4 Å². The Morgan fingerprint density at radius 2 is 1.83 bits per heavy atom. The smallest absolute Gasteiger partial charge is 0.220 e. The number of nitrogens with one attached hydrogen (secondary N) is 1. The Morgan fingerprint density at radius 3 is 2.39 bits per heavy atom. The quantitative estimate of drug-likeness (QED) is 0.725. The Kier molecular flexibility index (Phi) is 6.48. The fourth-order valence-electron chi connectivity index (χ4n) is 1.97. The molecule has 1 unspecified atom stereocenters. The van der Waals surface area contributed by atoms with Gasteiger partial charge in [-0.3, -0.25) is 4.79 Å². The summed E-state index contributed by atoms with van der Waals surface area (Å²) in [6.45, 7) is 6.34. The van der Waals surface area contributed by atoms with E-state index in [1.807, 2.05) is 6.92 Å². The molecule has 1 atom stereocenters. The van der Waals surface area contributed by atoms with Crippen LogP contribution in [-0.2, 0) is 11.2 Å². The van der Waals surface area contributed by atoms with Crippen LogP contribution in [0.5, 0.6) is 0 Å². The van der Waals surface area contributed by atoms with Crippen molar-refractivity contribution in [3.8, 4) is 0 Å². The third kappa shape index (κ3) is 4.91. The number of rotatable bonds is 7. The summed E-state index contributed by atoms with van der Waals surface area (Å²) in [5.74, 6) is 0.163. The number of unbranched alkanes of at least 4 members (excludes halogenated alkanes) is 2. The van der Waals surface area contributed by atoms with Gasteiger partial charge in [-0.15, -0.1) is 0 Å². The fourth-order valence-corrected chi connectivity index (χ4v) is 1.97. The molecule has 1 N–H and O–H groups in total. The van der Waals surface area contributed by atoms with Crippen LogP contribution in [0.1, 0.15) is 63.6 Å². The van der Waals surface area contributed by atoms with Gasteiger partial charge in [-0.25, -0.2) is 0 Å². The van der Waals surface area contributed by atoms with Crippen LogP contribution in [0.2, 0.25) is 0 Å². The second-order valence-corrected chi connectivity index (χ2v) is 4.84. The van der Waals surface area contributed by atoms with Crippen LogP contribution in [0.15, 0.2) is 24.3 Å². The number of hydrogen-bond acceptors (Lipinski definition) is 1. The molecule has 1 rings (SSSR count). The van der Waals surface area contributed by atoms with Gasteiger partial charge in [-0.05, 0) is 30.9 Å². The van der Waals surface area contributed by atoms with E-state index in [0.29, 0.717) is 6.42 Å². The first kappa shape index (κ1) is 14.7. The largest absolute Gasteiger partial charge is 0.350 e. The van der Waals surface area contributed by atoms with Gasteiger partial charge < -0.3 is 5.32 Å².